The van der Waals surface area contributed by atoms with Gasteiger partial charge in [0.25, 0.3) is 5.91 Å². The predicted octanol–water partition coefficient (Wildman–Crippen LogP) is 1.44. The Labute approximate surface area is 105 Å². The van der Waals surface area contributed by atoms with Gasteiger partial charge in [0.15, 0.2) is 11.5 Å². The van der Waals surface area contributed by atoms with Crippen molar-refractivity contribution in [3.8, 4) is 17.6 Å². The van der Waals surface area contributed by atoms with E-state index in [0.29, 0.717) is 17.9 Å². The monoisotopic (exact) mass is 246 g/mol. The largest absolute Gasteiger partial charge is 0.504 e. The van der Waals surface area contributed by atoms with Gasteiger partial charge < -0.3 is 15.2 Å². The van der Waals surface area contributed by atoms with E-state index < -0.39 is 5.91 Å². The lowest BCUT2D eigenvalue weighted by atomic mass is 10.1. The lowest BCUT2D eigenvalue weighted by molar-refractivity contribution is -0.116. The number of phenols is 1. The third-order valence-electron chi connectivity index (χ3n) is 2.19. The summed E-state index contributed by atoms with van der Waals surface area (Å²) in [4.78, 5) is 11.3. The molecule has 0 aliphatic rings. The van der Waals surface area contributed by atoms with Crippen molar-refractivity contribution in [2.75, 3.05) is 13.7 Å². The average Bonchev–Trinajstić information content (AvgIpc) is 2.39. The zero-order valence-electron chi connectivity index (χ0n) is 10.2. The quantitative estimate of drug-likeness (QED) is 0.622. The topological polar surface area (TPSA) is 82.3 Å². The number of aromatic hydroxyl groups is 1. The summed E-state index contributed by atoms with van der Waals surface area (Å²) in [7, 11) is 1.45. The molecule has 0 spiro atoms. The lowest BCUT2D eigenvalue weighted by Crippen LogP contribution is -2.19. The molecule has 5 nitrogen and oxygen atoms in total. The Kier molecular flexibility index (Phi) is 4.76. The molecule has 1 aromatic rings. The number of likely N-dealkylation sites (N-methyl/N-ethyl adjacent to an activating group) is 1. The zero-order valence-corrected chi connectivity index (χ0v) is 10.2. The first kappa shape index (κ1) is 13.6. The van der Waals surface area contributed by atoms with E-state index in [-0.39, 0.29) is 11.3 Å². The minimum absolute atomic E-state index is 0.00867. The van der Waals surface area contributed by atoms with Gasteiger partial charge in [0.05, 0.1) is 6.61 Å². The highest BCUT2D eigenvalue weighted by atomic mass is 16.5. The van der Waals surface area contributed by atoms with Crippen molar-refractivity contribution in [1.82, 2.24) is 5.32 Å². The molecule has 0 atom stereocenters. The van der Waals surface area contributed by atoms with Gasteiger partial charge in [0.2, 0.25) is 0 Å². The van der Waals surface area contributed by atoms with Crippen molar-refractivity contribution >= 4 is 12.0 Å². The number of nitriles is 1. The molecule has 0 aliphatic carbocycles. The van der Waals surface area contributed by atoms with E-state index in [2.05, 4.69) is 5.32 Å². The summed E-state index contributed by atoms with van der Waals surface area (Å²) in [6.07, 6.45) is 1.43. The molecule has 0 saturated carbocycles. The highest BCUT2D eigenvalue weighted by Gasteiger charge is 2.08. The van der Waals surface area contributed by atoms with E-state index >= 15 is 0 Å². The van der Waals surface area contributed by atoms with Crippen LogP contribution in [0.2, 0.25) is 0 Å². The van der Waals surface area contributed by atoms with Crippen LogP contribution in [0.5, 0.6) is 11.5 Å². The van der Waals surface area contributed by atoms with Crippen molar-refractivity contribution in [2.24, 2.45) is 0 Å². The number of ether oxygens (including phenoxy) is 1. The van der Waals surface area contributed by atoms with Gasteiger partial charge in [-0.1, -0.05) is 6.07 Å². The molecule has 0 aromatic heterocycles. The van der Waals surface area contributed by atoms with Crippen molar-refractivity contribution in [3.05, 3.63) is 29.3 Å². The number of amides is 1. The number of phenolic OH excluding ortho intramolecular Hbond substituents is 1. The smallest absolute Gasteiger partial charge is 0.261 e. The number of rotatable bonds is 4. The summed E-state index contributed by atoms with van der Waals surface area (Å²) >= 11 is 0. The summed E-state index contributed by atoms with van der Waals surface area (Å²) in [5.41, 5.74) is 0.599. The maximum Gasteiger partial charge on any atom is 0.261 e. The third-order valence-corrected chi connectivity index (χ3v) is 2.19. The van der Waals surface area contributed by atoms with Gasteiger partial charge in [0.1, 0.15) is 11.6 Å². The molecule has 0 bridgehead atoms. The van der Waals surface area contributed by atoms with Crippen molar-refractivity contribution in [2.45, 2.75) is 6.92 Å². The molecule has 0 heterocycles. The van der Waals surface area contributed by atoms with Crippen LogP contribution in [0.15, 0.2) is 23.8 Å². The minimum Gasteiger partial charge on any atom is -0.504 e. The average molecular weight is 246 g/mol. The first-order chi connectivity index (χ1) is 8.62. The normalized spacial score (nSPS) is 10.6. The van der Waals surface area contributed by atoms with E-state index in [9.17, 15) is 9.90 Å². The van der Waals surface area contributed by atoms with Crippen LogP contribution in [0.3, 0.4) is 0 Å². The Balaban J connectivity index is 3.11. The molecule has 1 rings (SSSR count). The molecule has 94 valence electrons. The number of benzene rings is 1. The summed E-state index contributed by atoms with van der Waals surface area (Å²) < 4.78 is 5.22. The van der Waals surface area contributed by atoms with Crippen LogP contribution >= 0.6 is 0 Å². The summed E-state index contributed by atoms with van der Waals surface area (Å²) in [5.74, 6) is -0.114. The van der Waals surface area contributed by atoms with Gasteiger partial charge in [0, 0.05) is 7.05 Å². The van der Waals surface area contributed by atoms with E-state index in [4.69, 9.17) is 10.00 Å². The predicted molar refractivity (Wildman–Crippen MR) is 66.9 cm³/mol. The molecule has 1 amide bonds. The molecular formula is C13H14N2O3. The highest BCUT2D eigenvalue weighted by molar-refractivity contribution is 6.01. The fourth-order valence-corrected chi connectivity index (χ4v) is 1.34. The number of carbonyl (C=O) groups excluding carboxylic acids is 1. The minimum atomic E-state index is -0.455. The number of nitrogens with zero attached hydrogens (tertiary/aromatic N) is 1. The van der Waals surface area contributed by atoms with E-state index in [1.807, 2.05) is 6.07 Å². The number of hydrogen-bond donors (Lipinski definition) is 2. The number of carbonyl (C=O) groups is 1. The van der Waals surface area contributed by atoms with E-state index in [0.717, 1.165) is 0 Å². The molecule has 0 unspecified atom stereocenters. The van der Waals surface area contributed by atoms with Crippen LogP contribution in [0.1, 0.15) is 12.5 Å². The van der Waals surface area contributed by atoms with Crippen LogP contribution in [0.25, 0.3) is 6.08 Å². The van der Waals surface area contributed by atoms with Crippen LogP contribution in [-0.2, 0) is 4.79 Å². The first-order valence-electron chi connectivity index (χ1n) is 5.42. The Morgan fingerprint density at radius 1 is 1.61 bits per heavy atom. The standard InChI is InChI=1S/C13H14N2O3/c1-3-18-12-7-9(4-5-11(12)16)6-10(8-14)13(17)15-2/h4-7,16H,3H2,1-2H3,(H,15,17)/b10-6+. The Morgan fingerprint density at radius 2 is 2.33 bits per heavy atom. The second-order valence-electron chi connectivity index (χ2n) is 3.41. The molecule has 0 fully saturated rings. The van der Waals surface area contributed by atoms with Gasteiger partial charge in [-0.05, 0) is 30.7 Å². The Morgan fingerprint density at radius 3 is 2.89 bits per heavy atom. The zero-order chi connectivity index (χ0) is 13.5. The fourth-order valence-electron chi connectivity index (χ4n) is 1.34. The van der Waals surface area contributed by atoms with Crippen molar-refractivity contribution < 1.29 is 14.6 Å². The van der Waals surface area contributed by atoms with Crippen molar-refractivity contribution in [1.29, 1.82) is 5.26 Å². The molecule has 1 aromatic carbocycles. The fraction of sp³-hybridized carbons (Fsp3) is 0.231. The summed E-state index contributed by atoms with van der Waals surface area (Å²) in [6.45, 7) is 2.22. The molecule has 0 saturated heterocycles. The van der Waals surface area contributed by atoms with Crippen LogP contribution in [0, 0.1) is 11.3 Å². The van der Waals surface area contributed by atoms with E-state index in [1.54, 1.807) is 19.1 Å². The second kappa shape index (κ2) is 6.30. The SMILES string of the molecule is CCOc1cc(/C=C(\C#N)C(=O)NC)ccc1O. The van der Waals surface area contributed by atoms with Crippen LogP contribution in [0.4, 0.5) is 0 Å². The summed E-state index contributed by atoms with van der Waals surface area (Å²) in [5, 5.41) is 20.8. The molecule has 0 aliphatic heterocycles. The molecular weight excluding hydrogens is 232 g/mol. The van der Waals surface area contributed by atoms with Gasteiger partial charge in [-0.2, -0.15) is 5.26 Å². The number of nitrogens with one attached hydrogen (secondary N) is 1. The van der Waals surface area contributed by atoms with E-state index in [1.165, 1.54) is 19.2 Å². The van der Waals surface area contributed by atoms with Crippen LogP contribution in [-0.4, -0.2) is 24.7 Å². The third kappa shape index (κ3) is 3.25. The highest BCUT2D eigenvalue weighted by Crippen LogP contribution is 2.27. The maximum absolute atomic E-state index is 11.3. The first-order valence-corrected chi connectivity index (χ1v) is 5.42. The molecule has 5 heteroatoms. The van der Waals surface area contributed by atoms with Gasteiger partial charge >= 0.3 is 0 Å². The second-order valence-corrected chi connectivity index (χ2v) is 3.41. The Hall–Kier alpha value is -2.48. The molecule has 2 N–H and O–H groups in total. The van der Waals surface area contributed by atoms with Crippen LogP contribution < -0.4 is 10.1 Å². The lowest BCUT2D eigenvalue weighted by Gasteiger charge is -2.06. The van der Waals surface area contributed by atoms with Gasteiger partial charge in [-0.3, -0.25) is 4.79 Å². The molecule has 18 heavy (non-hydrogen) atoms. The molecule has 0 radical (unpaired) electrons. The summed E-state index contributed by atoms with van der Waals surface area (Å²) in [6, 6.07) is 6.43. The maximum atomic E-state index is 11.3. The number of hydrogen-bond acceptors (Lipinski definition) is 4. The Bertz CT molecular complexity index is 515. The van der Waals surface area contributed by atoms with Crippen molar-refractivity contribution in [3.63, 3.8) is 0 Å². The van der Waals surface area contributed by atoms with Gasteiger partial charge in [-0.25, -0.2) is 0 Å². The van der Waals surface area contributed by atoms with Gasteiger partial charge in [-0.15, -0.1) is 0 Å².